The van der Waals surface area contributed by atoms with Gasteiger partial charge in [-0.1, -0.05) is 109 Å². The van der Waals surface area contributed by atoms with Crippen molar-refractivity contribution in [2.45, 2.75) is 27.7 Å². The van der Waals surface area contributed by atoms with E-state index in [1.807, 2.05) is 0 Å². The average molecular weight is 647 g/mol. The third kappa shape index (κ3) is 7.46. The Hall–Kier alpha value is -6.12. The van der Waals surface area contributed by atoms with Crippen molar-refractivity contribution in [3.63, 3.8) is 0 Å². The summed E-state index contributed by atoms with van der Waals surface area (Å²) in [5.74, 6) is 0. The number of rotatable bonds is 9. The Morgan fingerprint density at radius 1 is 0.300 bits per heavy atom. The van der Waals surface area contributed by atoms with Crippen LogP contribution in [0.5, 0.6) is 0 Å². The molecule has 0 aliphatic carbocycles. The predicted octanol–water partition coefficient (Wildman–Crippen LogP) is 13.7. The molecule has 0 saturated carbocycles. The third-order valence-corrected chi connectivity index (χ3v) is 8.95. The van der Waals surface area contributed by atoms with Crippen molar-refractivity contribution in [1.82, 2.24) is 0 Å². The van der Waals surface area contributed by atoms with E-state index in [4.69, 9.17) is 0 Å². The fraction of sp³-hybridized carbons (Fsp3) is 0.0833. The molecule has 0 spiro atoms. The monoisotopic (exact) mass is 646 g/mol. The zero-order valence-electron chi connectivity index (χ0n) is 29.2. The zero-order chi connectivity index (χ0) is 34.5. The number of hydrogen-bond donors (Lipinski definition) is 0. The fourth-order valence-electron chi connectivity index (χ4n) is 6.72. The minimum Gasteiger partial charge on any atom is -0.311 e. The van der Waals surface area contributed by atoms with Gasteiger partial charge in [-0.05, 0) is 145 Å². The van der Waals surface area contributed by atoms with Gasteiger partial charge in [0.1, 0.15) is 0 Å². The van der Waals surface area contributed by atoms with Crippen molar-refractivity contribution in [1.29, 1.82) is 0 Å². The molecule has 7 aromatic carbocycles. The first-order valence-corrected chi connectivity index (χ1v) is 17.3. The van der Waals surface area contributed by atoms with E-state index in [0.717, 1.165) is 28.3 Å². The largest absolute Gasteiger partial charge is 0.311 e. The van der Waals surface area contributed by atoms with Gasteiger partial charge in [-0.15, -0.1) is 0 Å². The van der Waals surface area contributed by atoms with E-state index >= 15 is 0 Å². The van der Waals surface area contributed by atoms with Gasteiger partial charge in [0.05, 0.1) is 0 Å². The van der Waals surface area contributed by atoms with E-state index in [1.54, 1.807) is 0 Å². The molecule has 0 fully saturated rings. The van der Waals surface area contributed by atoms with Gasteiger partial charge in [0, 0.05) is 34.1 Å². The SMILES string of the molecule is Cc1cc(C)cc(N(c2ccc(/C=C/c3ccc(-c4ccc(N(c5ccccc5)c5ccccc5)cc4)cc3)cc2)c2cc(C)cc(C)c2)c1. The van der Waals surface area contributed by atoms with Crippen LogP contribution in [0.2, 0.25) is 0 Å². The summed E-state index contributed by atoms with van der Waals surface area (Å²) in [4.78, 5) is 4.65. The van der Waals surface area contributed by atoms with Gasteiger partial charge in [-0.2, -0.15) is 0 Å². The van der Waals surface area contributed by atoms with E-state index in [9.17, 15) is 0 Å². The minimum absolute atomic E-state index is 1.13. The van der Waals surface area contributed by atoms with E-state index in [-0.39, 0.29) is 0 Å². The second-order valence-electron chi connectivity index (χ2n) is 13.1. The molecule has 0 heterocycles. The highest BCUT2D eigenvalue weighted by Gasteiger charge is 2.15. The van der Waals surface area contributed by atoms with Crippen LogP contribution >= 0.6 is 0 Å². The maximum Gasteiger partial charge on any atom is 0.0466 e. The molecule has 0 atom stereocenters. The van der Waals surface area contributed by atoms with E-state index in [0.29, 0.717) is 0 Å². The molecule has 0 aliphatic rings. The maximum absolute atomic E-state index is 2.36. The van der Waals surface area contributed by atoms with Crippen molar-refractivity contribution in [2.24, 2.45) is 0 Å². The number of para-hydroxylation sites is 2. The summed E-state index contributed by atoms with van der Waals surface area (Å²) in [7, 11) is 0. The lowest BCUT2D eigenvalue weighted by Crippen LogP contribution is -2.11. The predicted molar refractivity (Wildman–Crippen MR) is 216 cm³/mol. The molecule has 0 amide bonds. The van der Waals surface area contributed by atoms with Crippen LogP contribution in [0.1, 0.15) is 33.4 Å². The molecule has 0 unspecified atom stereocenters. The van der Waals surface area contributed by atoms with Crippen LogP contribution in [0.3, 0.4) is 0 Å². The van der Waals surface area contributed by atoms with Crippen LogP contribution in [0.15, 0.2) is 170 Å². The van der Waals surface area contributed by atoms with Gasteiger partial charge < -0.3 is 9.80 Å². The van der Waals surface area contributed by atoms with E-state index in [1.165, 1.54) is 50.3 Å². The normalized spacial score (nSPS) is 11.1. The molecule has 244 valence electrons. The molecule has 0 N–H and O–H groups in total. The summed E-state index contributed by atoms with van der Waals surface area (Å²) in [6.07, 6.45) is 4.37. The Balaban J connectivity index is 1.08. The highest BCUT2D eigenvalue weighted by Crippen LogP contribution is 2.38. The Morgan fingerprint density at radius 3 is 1.00 bits per heavy atom. The van der Waals surface area contributed by atoms with Crippen LogP contribution in [-0.4, -0.2) is 0 Å². The van der Waals surface area contributed by atoms with Gasteiger partial charge >= 0.3 is 0 Å². The number of aryl methyl sites for hydroxylation is 4. The molecule has 7 rings (SSSR count). The average Bonchev–Trinajstić information content (AvgIpc) is 3.12. The second-order valence-corrected chi connectivity index (χ2v) is 13.1. The van der Waals surface area contributed by atoms with Gasteiger partial charge in [0.15, 0.2) is 0 Å². The molecule has 0 aliphatic heterocycles. The van der Waals surface area contributed by atoms with Crippen molar-refractivity contribution in [3.8, 4) is 11.1 Å². The van der Waals surface area contributed by atoms with Gasteiger partial charge in [0.2, 0.25) is 0 Å². The number of benzene rings is 7. The minimum atomic E-state index is 1.13. The van der Waals surface area contributed by atoms with Crippen molar-refractivity contribution in [3.05, 3.63) is 203 Å². The topological polar surface area (TPSA) is 6.48 Å². The molecule has 0 bridgehead atoms. The smallest absolute Gasteiger partial charge is 0.0466 e. The molecule has 7 aromatic rings. The van der Waals surface area contributed by atoms with Crippen molar-refractivity contribution in [2.75, 3.05) is 9.80 Å². The number of anilines is 6. The lowest BCUT2D eigenvalue weighted by atomic mass is 10.0. The summed E-state index contributed by atoms with van der Waals surface area (Å²) < 4.78 is 0. The van der Waals surface area contributed by atoms with E-state index in [2.05, 4.69) is 220 Å². The molecule has 0 saturated heterocycles. The summed E-state index contributed by atoms with van der Waals surface area (Å²) in [5, 5.41) is 0. The highest BCUT2D eigenvalue weighted by atomic mass is 15.1. The Kier molecular flexibility index (Phi) is 9.44. The van der Waals surface area contributed by atoms with Gasteiger partial charge in [0.25, 0.3) is 0 Å². The van der Waals surface area contributed by atoms with Crippen LogP contribution < -0.4 is 9.80 Å². The first kappa shape index (κ1) is 32.4. The van der Waals surface area contributed by atoms with Gasteiger partial charge in [-0.3, -0.25) is 0 Å². The summed E-state index contributed by atoms with van der Waals surface area (Å²) in [6, 6.07) is 61.0. The first-order valence-electron chi connectivity index (χ1n) is 17.3. The van der Waals surface area contributed by atoms with Crippen LogP contribution in [0.4, 0.5) is 34.1 Å². The summed E-state index contributed by atoms with van der Waals surface area (Å²) in [5.41, 5.74) is 16.6. The molecular weight excluding hydrogens is 605 g/mol. The Labute approximate surface area is 297 Å². The number of hydrogen-bond acceptors (Lipinski definition) is 2. The molecule has 2 nitrogen and oxygen atoms in total. The summed E-state index contributed by atoms with van der Waals surface area (Å²) in [6.45, 7) is 8.66. The number of nitrogens with zero attached hydrogens (tertiary/aromatic N) is 2. The Morgan fingerprint density at radius 2 is 0.600 bits per heavy atom. The highest BCUT2D eigenvalue weighted by molar-refractivity contribution is 5.81. The summed E-state index contributed by atoms with van der Waals surface area (Å²) >= 11 is 0. The van der Waals surface area contributed by atoms with Crippen molar-refractivity contribution < 1.29 is 0 Å². The molecule has 0 aromatic heterocycles. The second kappa shape index (κ2) is 14.6. The molecule has 50 heavy (non-hydrogen) atoms. The zero-order valence-corrected chi connectivity index (χ0v) is 29.2. The molecule has 2 heteroatoms. The fourth-order valence-corrected chi connectivity index (χ4v) is 6.72. The maximum atomic E-state index is 2.36. The first-order chi connectivity index (χ1) is 24.4. The molecular formula is C48H42N2. The third-order valence-electron chi connectivity index (χ3n) is 8.95. The lowest BCUT2D eigenvalue weighted by molar-refractivity contribution is 1.23. The van der Waals surface area contributed by atoms with E-state index < -0.39 is 0 Å². The van der Waals surface area contributed by atoms with Gasteiger partial charge in [-0.25, -0.2) is 0 Å². The Bertz CT molecular complexity index is 2080. The van der Waals surface area contributed by atoms with Crippen LogP contribution in [0.25, 0.3) is 23.3 Å². The van der Waals surface area contributed by atoms with Crippen LogP contribution in [0, 0.1) is 27.7 Å². The van der Waals surface area contributed by atoms with Crippen molar-refractivity contribution >= 4 is 46.3 Å². The quantitative estimate of drug-likeness (QED) is 0.144. The van der Waals surface area contributed by atoms with Crippen LogP contribution in [-0.2, 0) is 0 Å². The lowest BCUT2D eigenvalue weighted by Gasteiger charge is -2.27. The standard InChI is InChI=1S/C48H42N2/c1-35-29-36(2)32-47(31-35)50(48-33-37(3)30-38(4)34-48)45-25-19-40(20-26-45)16-15-39-17-21-41(22-18-39)42-23-27-46(28-24-42)49(43-11-7-5-8-12-43)44-13-9-6-10-14-44/h5-34H,1-4H3/b16-15+. The molecule has 0 radical (unpaired) electrons.